The summed E-state index contributed by atoms with van der Waals surface area (Å²) in [6.45, 7) is -0.364. The molecule has 0 saturated heterocycles. The Morgan fingerprint density at radius 2 is 1.86 bits per heavy atom. The van der Waals surface area contributed by atoms with Crippen LogP contribution in [0.15, 0.2) is 36.4 Å². The number of ether oxygens (including phenoxy) is 3. The number of alkyl halides is 3. The molecule has 2 aromatic carbocycles. The van der Waals surface area contributed by atoms with Gasteiger partial charge in [-0.2, -0.15) is 21.6 Å². The van der Waals surface area contributed by atoms with E-state index in [1.165, 1.54) is 32.4 Å². The topological polar surface area (TPSA) is 102 Å². The number of hydrogen-bond acceptors (Lipinski definition) is 8. The quantitative estimate of drug-likeness (QED) is 0.399. The smallest absolute Gasteiger partial charge is 0.452 e. The molecule has 9 nitrogen and oxygen atoms in total. The Morgan fingerprint density at radius 3 is 2.50 bits per heavy atom. The third kappa shape index (κ3) is 5.14. The Labute approximate surface area is 209 Å². The molecule has 0 saturated carbocycles. The number of rotatable bonds is 7. The first-order chi connectivity index (χ1) is 16.9. The molecule has 194 valence electrons. The maximum atomic E-state index is 14.0. The molecular formula is C22H21ClF3N3O6S. The summed E-state index contributed by atoms with van der Waals surface area (Å²) in [5.74, 6) is -0.765. The average molecular weight is 548 g/mol. The van der Waals surface area contributed by atoms with E-state index in [1.807, 2.05) is 0 Å². The van der Waals surface area contributed by atoms with Crippen molar-refractivity contribution in [2.75, 3.05) is 27.1 Å². The van der Waals surface area contributed by atoms with Gasteiger partial charge in [0.1, 0.15) is 12.2 Å². The summed E-state index contributed by atoms with van der Waals surface area (Å²) in [6.07, 6.45) is -6.28. The highest BCUT2D eigenvalue weighted by atomic mass is 35.5. The number of fused-ring (bicyclic) bond motifs is 3. The molecule has 2 atom stereocenters. The number of methoxy groups -OCH3 is 2. The number of aromatic nitrogens is 3. The Balaban J connectivity index is 1.95. The number of benzene rings is 2. The van der Waals surface area contributed by atoms with Crippen LogP contribution in [0.25, 0.3) is 5.69 Å². The van der Waals surface area contributed by atoms with Crippen molar-refractivity contribution in [1.82, 2.24) is 14.8 Å². The van der Waals surface area contributed by atoms with Gasteiger partial charge in [-0.1, -0.05) is 23.7 Å². The van der Waals surface area contributed by atoms with E-state index in [1.54, 1.807) is 18.2 Å². The lowest BCUT2D eigenvalue weighted by atomic mass is 9.98. The van der Waals surface area contributed by atoms with Crippen molar-refractivity contribution in [1.29, 1.82) is 0 Å². The van der Waals surface area contributed by atoms with Crippen LogP contribution < -0.4 is 9.47 Å². The van der Waals surface area contributed by atoms with Crippen LogP contribution in [0.5, 0.6) is 11.5 Å². The molecule has 1 aliphatic rings. The Hall–Kier alpha value is -2.87. The molecule has 0 amide bonds. The van der Waals surface area contributed by atoms with Gasteiger partial charge in [0, 0.05) is 22.6 Å². The lowest BCUT2D eigenvalue weighted by Gasteiger charge is -2.25. The molecule has 1 aliphatic heterocycles. The summed E-state index contributed by atoms with van der Waals surface area (Å²) in [7, 11) is -0.938. The predicted molar refractivity (Wildman–Crippen MR) is 122 cm³/mol. The standard InChI is InChI=1S/C22H21ClF3N3O6S/c1-32-16-6-4-5-13(19(16)33-2)18-14-11-12(23)7-8-15(14)29-20(27-28-21(29)22(24,25)26)17(35-18)9-10-34-36(3,30)31/h4-8,11,17-18H,9-10H2,1-3H3/t17-,18-/m0/s1. The highest BCUT2D eigenvalue weighted by molar-refractivity contribution is 7.85. The maximum Gasteiger partial charge on any atom is 0.452 e. The van der Waals surface area contributed by atoms with E-state index in [0.717, 1.165) is 10.8 Å². The fraction of sp³-hybridized carbons (Fsp3) is 0.364. The number of nitrogens with zero attached hydrogens (tertiary/aromatic N) is 3. The normalized spacial score (nSPS) is 17.8. The molecule has 0 unspecified atom stereocenters. The van der Waals surface area contributed by atoms with Gasteiger partial charge in [-0.25, -0.2) is 0 Å². The fourth-order valence-electron chi connectivity index (χ4n) is 4.03. The first-order valence-electron chi connectivity index (χ1n) is 10.5. The van der Waals surface area contributed by atoms with E-state index >= 15 is 0 Å². The number of para-hydroxylation sites is 1. The van der Waals surface area contributed by atoms with Crippen LogP contribution in [0.4, 0.5) is 13.2 Å². The second-order valence-electron chi connectivity index (χ2n) is 7.82. The average Bonchev–Trinajstić information content (AvgIpc) is 3.20. The minimum atomic E-state index is -4.84. The van der Waals surface area contributed by atoms with Gasteiger partial charge in [0.15, 0.2) is 17.3 Å². The Kier molecular flexibility index (Phi) is 7.19. The zero-order valence-electron chi connectivity index (χ0n) is 19.2. The summed E-state index contributed by atoms with van der Waals surface area (Å²) in [4.78, 5) is 0. The van der Waals surface area contributed by atoms with Gasteiger partial charge in [-0.3, -0.25) is 8.75 Å². The molecule has 0 spiro atoms. The molecule has 3 aromatic rings. The lowest BCUT2D eigenvalue weighted by Crippen LogP contribution is -2.17. The molecular weight excluding hydrogens is 527 g/mol. The van der Waals surface area contributed by atoms with E-state index in [2.05, 4.69) is 10.2 Å². The van der Waals surface area contributed by atoms with E-state index in [-0.39, 0.29) is 35.1 Å². The summed E-state index contributed by atoms with van der Waals surface area (Å²) >= 11 is 6.25. The third-order valence-corrected chi connectivity index (χ3v) is 6.27. The van der Waals surface area contributed by atoms with Crippen molar-refractivity contribution in [3.63, 3.8) is 0 Å². The van der Waals surface area contributed by atoms with Gasteiger partial charge < -0.3 is 14.2 Å². The van der Waals surface area contributed by atoms with Crippen molar-refractivity contribution < 1.29 is 40.0 Å². The van der Waals surface area contributed by atoms with Crippen LogP contribution in [0.2, 0.25) is 5.02 Å². The van der Waals surface area contributed by atoms with Crippen molar-refractivity contribution in [2.24, 2.45) is 0 Å². The molecule has 1 aromatic heterocycles. The third-order valence-electron chi connectivity index (χ3n) is 5.44. The molecule has 0 N–H and O–H groups in total. The van der Waals surface area contributed by atoms with Gasteiger partial charge in [0.05, 0.1) is 32.8 Å². The molecule has 4 rings (SSSR count). The highest BCUT2D eigenvalue weighted by Crippen LogP contribution is 2.47. The molecule has 0 fully saturated rings. The van der Waals surface area contributed by atoms with Gasteiger partial charge in [-0.15, -0.1) is 10.2 Å². The van der Waals surface area contributed by atoms with Crippen LogP contribution in [0.1, 0.15) is 41.4 Å². The van der Waals surface area contributed by atoms with Crippen molar-refractivity contribution >= 4 is 21.7 Å². The second kappa shape index (κ2) is 9.88. The first-order valence-corrected chi connectivity index (χ1v) is 12.7. The van der Waals surface area contributed by atoms with Crippen LogP contribution in [-0.2, 0) is 25.2 Å². The van der Waals surface area contributed by atoms with E-state index < -0.39 is 34.3 Å². The van der Waals surface area contributed by atoms with Crippen LogP contribution in [0.3, 0.4) is 0 Å². The minimum absolute atomic E-state index is 0.0909. The molecule has 2 heterocycles. The molecule has 0 radical (unpaired) electrons. The Morgan fingerprint density at radius 1 is 1.11 bits per heavy atom. The Bertz CT molecular complexity index is 1380. The molecule has 14 heteroatoms. The summed E-state index contributed by atoms with van der Waals surface area (Å²) in [5, 5.41) is 7.40. The first kappa shape index (κ1) is 26.2. The van der Waals surface area contributed by atoms with E-state index in [4.69, 9.17) is 30.0 Å². The summed E-state index contributed by atoms with van der Waals surface area (Å²) in [5.41, 5.74) is 0.821. The van der Waals surface area contributed by atoms with Crippen molar-refractivity contribution in [3.8, 4) is 17.2 Å². The zero-order valence-corrected chi connectivity index (χ0v) is 20.8. The molecule has 0 bridgehead atoms. The SMILES string of the molecule is COc1cccc([C@@H]2O[C@@H](CCOS(C)(=O)=O)c3nnc(C(F)(F)F)n3-c3ccc(Cl)cc32)c1OC. The number of halogens is 4. The van der Waals surface area contributed by atoms with Gasteiger partial charge in [-0.05, 0) is 24.3 Å². The minimum Gasteiger partial charge on any atom is -0.493 e. The van der Waals surface area contributed by atoms with Gasteiger partial charge >= 0.3 is 6.18 Å². The number of hydrogen-bond donors (Lipinski definition) is 0. The summed E-state index contributed by atoms with van der Waals surface area (Å²) in [6, 6.07) is 9.36. The molecule has 36 heavy (non-hydrogen) atoms. The van der Waals surface area contributed by atoms with Crippen LogP contribution >= 0.6 is 11.6 Å². The van der Waals surface area contributed by atoms with Crippen LogP contribution in [0, 0.1) is 0 Å². The zero-order chi connectivity index (χ0) is 26.3. The monoisotopic (exact) mass is 547 g/mol. The largest absolute Gasteiger partial charge is 0.493 e. The predicted octanol–water partition coefficient (Wildman–Crippen LogP) is 4.48. The summed E-state index contributed by atoms with van der Waals surface area (Å²) < 4.78 is 87.8. The fourth-order valence-corrected chi connectivity index (χ4v) is 4.61. The van der Waals surface area contributed by atoms with Crippen LogP contribution in [-0.4, -0.2) is 50.3 Å². The van der Waals surface area contributed by atoms with E-state index in [9.17, 15) is 21.6 Å². The van der Waals surface area contributed by atoms with Gasteiger partial charge in [0.2, 0.25) is 5.82 Å². The lowest BCUT2D eigenvalue weighted by molar-refractivity contribution is -0.146. The molecule has 0 aliphatic carbocycles. The van der Waals surface area contributed by atoms with Crippen molar-refractivity contribution in [3.05, 3.63) is 64.2 Å². The van der Waals surface area contributed by atoms with Crippen molar-refractivity contribution in [2.45, 2.75) is 24.8 Å². The second-order valence-corrected chi connectivity index (χ2v) is 9.90. The van der Waals surface area contributed by atoms with Gasteiger partial charge in [0.25, 0.3) is 10.1 Å². The highest BCUT2D eigenvalue weighted by Gasteiger charge is 2.43. The maximum absolute atomic E-state index is 14.0. The van der Waals surface area contributed by atoms with E-state index in [0.29, 0.717) is 17.1 Å².